The maximum absolute atomic E-state index is 12.2. The van der Waals surface area contributed by atoms with Crippen LogP contribution in [-0.2, 0) is 0 Å². The number of halogens is 2. The minimum absolute atomic E-state index is 0.183. The highest BCUT2D eigenvalue weighted by atomic mass is 35.5. The molecule has 0 radical (unpaired) electrons. The van der Waals surface area contributed by atoms with Gasteiger partial charge < -0.3 is 15.7 Å². The summed E-state index contributed by atoms with van der Waals surface area (Å²) in [4.78, 5) is 13.8. The van der Waals surface area contributed by atoms with Gasteiger partial charge in [0, 0.05) is 18.7 Å². The van der Waals surface area contributed by atoms with Crippen molar-refractivity contribution < 1.29 is 9.90 Å². The van der Waals surface area contributed by atoms with Gasteiger partial charge in [0.05, 0.1) is 21.8 Å². The van der Waals surface area contributed by atoms with Gasteiger partial charge in [-0.2, -0.15) is 0 Å². The number of carbonyl (C=O) groups is 1. The Morgan fingerprint density at radius 3 is 2.56 bits per heavy atom. The second-order valence-corrected chi connectivity index (χ2v) is 5.22. The van der Waals surface area contributed by atoms with E-state index in [1.807, 2.05) is 0 Å². The molecule has 1 aliphatic heterocycles. The summed E-state index contributed by atoms with van der Waals surface area (Å²) in [7, 11) is 0. The fourth-order valence-corrected chi connectivity index (χ4v) is 2.52. The lowest BCUT2D eigenvalue weighted by atomic mass is 10.1. The third-order valence-corrected chi connectivity index (χ3v) is 3.64. The maximum Gasteiger partial charge on any atom is 0.254 e. The van der Waals surface area contributed by atoms with Crippen LogP contribution in [0.4, 0.5) is 5.69 Å². The zero-order valence-corrected chi connectivity index (χ0v) is 11.2. The van der Waals surface area contributed by atoms with E-state index in [9.17, 15) is 9.90 Å². The van der Waals surface area contributed by atoms with Gasteiger partial charge in [0.25, 0.3) is 5.91 Å². The number of nitrogens with two attached hydrogens (primary N) is 1. The van der Waals surface area contributed by atoms with Crippen LogP contribution in [0.5, 0.6) is 0 Å². The molecule has 1 aromatic rings. The van der Waals surface area contributed by atoms with Gasteiger partial charge in [0.2, 0.25) is 0 Å². The SMILES string of the molecule is Nc1c(Cl)cc(C(=O)N2CCCC(O)C2)cc1Cl. The van der Waals surface area contributed by atoms with Crippen LogP contribution in [0.3, 0.4) is 0 Å². The molecule has 1 unspecified atom stereocenters. The van der Waals surface area contributed by atoms with Crippen LogP contribution < -0.4 is 5.73 Å². The average Bonchev–Trinajstić information content (AvgIpc) is 2.34. The molecule has 1 atom stereocenters. The topological polar surface area (TPSA) is 66.6 Å². The van der Waals surface area contributed by atoms with Crippen molar-refractivity contribution >= 4 is 34.8 Å². The van der Waals surface area contributed by atoms with Crippen LogP contribution in [0.25, 0.3) is 0 Å². The summed E-state index contributed by atoms with van der Waals surface area (Å²) in [5.41, 5.74) is 6.29. The van der Waals surface area contributed by atoms with Crippen LogP contribution >= 0.6 is 23.2 Å². The van der Waals surface area contributed by atoms with Gasteiger partial charge in [-0.3, -0.25) is 4.79 Å². The molecule has 1 aliphatic rings. The average molecular weight is 289 g/mol. The first-order valence-electron chi connectivity index (χ1n) is 5.71. The Bertz CT molecular complexity index is 456. The van der Waals surface area contributed by atoms with Crippen molar-refractivity contribution in [2.45, 2.75) is 18.9 Å². The van der Waals surface area contributed by atoms with Gasteiger partial charge in [-0.1, -0.05) is 23.2 Å². The Morgan fingerprint density at radius 1 is 1.39 bits per heavy atom. The van der Waals surface area contributed by atoms with Crippen molar-refractivity contribution in [3.05, 3.63) is 27.7 Å². The zero-order valence-electron chi connectivity index (χ0n) is 9.70. The Hall–Kier alpha value is -0.970. The summed E-state index contributed by atoms with van der Waals surface area (Å²) < 4.78 is 0. The molecule has 0 aromatic heterocycles. The molecule has 1 fully saturated rings. The lowest BCUT2D eigenvalue weighted by molar-refractivity contribution is 0.0474. The highest BCUT2D eigenvalue weighted by Crippen LogP contribution is 2.29. The van der Waals surface area contributed by atoms with Crippen molar-refractivity contribution in [2.24, 2.45) is 0 Å². The van der Waals surface area contributed by atoms with Crippen molar-refractivity contribution in [1.82, 2.24) is 4.90 Å². The molecular weight excluding hydrogens is 275 g/mol. The van der Waals surface area contributed by atoms with E-state index in [0.717, 1.165) is 12.8 Å². The normalized spacial score (nSPS) is 19.9. The number of β-amino-alcohol motifs (C(OH)–C–C–N with tert-alkyl or cyclic N) is 1. The third-order valence-electron chi connectivity index (χ3n) is 3.01. The number of benzene rings is 1. The smallest absolute Gasteiger partial charge is 0.254 e. The Labute approximate surface area is 115 Å². The molecule has 1 amide bonds. The number of hydrogen-bond acceptors (Lipinski definition) is 3. The number of nitrogen functional groups attached to an aromatic ring is 1. The number of amides is 1. The molecule has 1 saturated heterocycles. The second-order valence-electron chi connectivity index (χ2n) is 4.40. The van der Waals surface area contributed by atoms with Crippen molar-refractivity contribution in [1.29, 1.82) is 0 Å². The number of aliphatic hydroxyl groups is 1. The van der Waals surface area contributed by atoms with Gasteiger partial charge in [0.1, 0.15) is 0 Å². The molecule has 0 spiro atoms. The first kappa shape index (κ1) is 13.5. The Morgan fingerprint density at radius 2 is 2.00 bits per heavy atom. The number of piperidine rings is 1. The van der Waals surface area contributed by atoms with Crippen LogP contribution in [-0.4, -0.2) is 35.1 Å². The van der Waals surface area contributed by atoms with Gasteiger partial charge in [-0.25, -0.2) is 0 Å². The van der Waals surface area contributed by atoms with Crippen LogP contribution in [0, 0.1) is 0 Å². The van der Waals surface area contributed by atoms with Crippen LogP contribution in [0.15, 0.2) is 12.1 Å². The zero-order chi connectivity index (χ0) is 13.3. The second kappa shape index (κ2) is 5.34. The fraction of sp³-hybridized carbons (Fsp3) is 0.417. The van der Waals surface area contributed by atoms with Crippen LogP contribution in [0.1, 0.15) is 23.2 Å². The van der Waals surface area contributed by atoms with Crippen molar-refractivity contribution in [3.63, 3.8) is 0 Å². The first-order chi connectivity index (χ1) is 8.49. The van der Waals surface area contributed by atoms with E-state index < -0.39 is 6.10 Å². The molecule has 98 valence electrons. The highest BCUT2D eigenvalue weighted by molar-refractivity contribution is 6.39. The number of aliphatic hydroxyl groups excluding tert-OH is 1. The molecule has 2 rings (SSSR count). The first-order valence-corrected chi connectivity index (χ1v) is 6.46. The van der Waals surface area contributed by atoms with Crippen LogP contribution in [0.2, 0.25) is 10.0 Å². The molecule has 4 nitrogen and oxygen atoms in total. The molecule has 6 heteroatoms. The Balaban J connectivity index is 2.23. The molecule has 1 aromatic carbocycles. The van der Waals surface area contributed by atoms with Gasteiger partial charge in [-0.05, 0) is 25.0 Å². The largest absolute Gasteiger partial charge is 0.396 e. The van der Waals surface area contributed by atoms with E-state index in [0.29, 0.717) is 18.7 Å². The van der Waals surface area contributed by atoms with Gasteiger partial charge in [-0.15, -0.1) is 0 Å². The summed E-state index contributed by atoms with van der Waals surface area (Å²) in [5, 5.41) is 10.1. The summed E-state index contributed by atoms with van der Waals surface area (Å²) in [6, 6.07) is 3.01. The standard InChI is InChI=1S/C12H14Cl2N2O2/c13-9-4-7(5-10(14)11(9)15)12(18)16-3-1-2-8(17)6-16/h4-5,8,17H,1-3,6,15H2. The minimum Gasteiger partial charge on any atom is -0.396 e. The van der Waals surface area contributed by atoms with E-state index in [1.165, 1.54) is 12.1 Å². The summed E-state index contributed by atoms with van der Waals surface area (Å²) in [6.07, 6.45) is 1.07. The number of rotatable bonds is 1. The van der Waals surface area contributed by atoms with E-state index in [4.69, 9.17) is 28.9 Å². The molecular formula is C12H14Cl2N2O2. The number of carbonyl (C=O) groups excluding carboxylic acids is 1. The number of anilines is 1. The summed E-state index contributed by atoms with van der Waals surface area (Å²) >= 11 is 11.8. The maximum atomic E-state index is 12.2. The minimum atomic E-state index is -0.456. The number of nitrogens with zero attached hydrogens (tertiary/aromatic N) is 1. The monoisotopic (exact) mass is 288 g/mol. The summed E-state index contributed by atoms with van der Waals surface area (Å²) in [5.74, 6) is -0.183. The highest BCUT2D eigenvalue weighted by Gasteiger charge is 2.23. The van der Waals surface area contributed by atoms with E-state index >= 15 is 0 Å². The summed E-state index contributed by atoms with van der Waals surface area (Å²) in [6.45, 7) is 0.980. The van der Waals surface area contributed by atoms with E-state index in [1.54, 1.807) is 4.90 Å². The predicted molar refractivity (Wildman–Crippen MR) is 72.0 cm³/mol. The molecule has 3 N–H and O–H groups in total. The lowest BCUT2D eigenvalue weighted by Crippen LogP contribution is -2.42. The number of hydrogen-bond donors (Lipinski definition) is 2. The van der Waals surface area contributed by atoms with E-state index in [-0.39, 0.29) is 21.6 Å². The van der Waals surface area contributed by atoms with Crippen molar-refractivity contribution in [3.8, 4) is 0 Å². The fourth-order valence-electron chi connectivity index (χ4n) is 2.03. The van der Waals surface area contributed by atoms with E-state index in [2.05, 4.69) is 0 Å². The molecule has 0 aliphatic carbocycles. The Kier molecular flexibility index (Phi) is 4.00. The molecule has 0 bridgehead atoms. The third kappa shape index (κ3) is 2.71. The van der Waals surface area contributed by atoms with Gasteiger partial charge in [0.15, 0.2) is 0 Å². The quantitative estimate of drug-likeness (QED) is 0.779. The molecule has 18 heavy (non-hydrogen) atoms. The molecule has 1 heterocycles. The lowest BCUT2D eigenvalue weighted by Gasteiger charge is -2.30. The predicted octanol–water partition coefficient (Wildman–Crippen LogP) is 2.17. The number of likely N-dealkylation sites (tertiary alicyclic amines) is 1. The van der Waals surface area contributed by atoms with Crippen molar-refractivity contribution in [2.75, 3.05) is 18.8 Å². The van der Waals surface area contributed by atoms with Gasteiger partial charge >= 0.3 is 0 Å². The molecule has 0 saturated carbocycles.